The molecule has 1 heterocycles. The van der Waals surface area contributed by atoms with Crippen LogP contribution in [0, 0.1) is 9.39 Å². The molecular weight excluding hydrogens is 470 g/mol. The number of amides is 1. The van der Waals surface area contributed by atoms with Crippen molar-refractivity contribution in [2.75, 3.05) is 32.8 Å². The van der Waals surface area contributed by atoms with Crippen molar-refractivity contribution in [1.82, 2.24) is 10.2 Å². The summed E-state index contributed by atoms with van der Waals surface area (Å²) in [4.78, 5) is 14.7. The number of morpholine rings is 1. The quantitative estimate of drug-likeness (QED) is 0.650. The van der Waals surface area contributed by atoms with E-state index in [-0.39, 0.29) is 11.9 Å². The van der Waals surface area contributed by atoms with Crippen molar-refractivity contribution in [3.8, 4) is 0 Å². The number of rotatable bonds is 5. The summed E-state index contributed by atoms with van der Waals surface area (Å²) >= 11 is 8.04. The molecule has 1 fully saturated rings. The van der Waals surface area contributed by atoms with Gasteiger partial charge in [-0.25, -0.2) is 4.39 Å². The van der Waals surface area contributed by atoms with Gasteiger partial charge in [0.2, 0.25) is 0 Å². The summed E-state index contributed by atoms with van der Waals surface area (Å²) in [6, 6.07) is 12.1. The molecule has 1 aliphatic rings. The van der Waals surface area contributed by atoms with Crippen LogP contribution in [0.4, 0.5) is 4.39 Å². The fourth-order valence-corrected chi connectivity index (χ4v) is 3.52. The van der Waals surface area contributed by atoms with Crippen LogP contribution in [0.3, 0.4) is 0 Å². The molecule has 1 N–H and O–H groups in total. The number of benzene rings is 2. The van der Waals surface area contributed by atoms with E-state index >= 15 is 0 Å². The van der Waals surface area contributed by atoms with Crippen molar-refractivity contribution >= 4 is 40.1 Å². The van der Waals surface area contributed by atoms with Crippen molar-refractivity contribution in [1.29, 1.82) is 0 Å². The highest BCUT2D eigenvalue weighted by Gasteiger charge is 2.23. The predicted octanol–water partition coefficient (Wildman–Crippen LogP) is 3.89. The van der Waals surface area contributed by atoms with Crippen LogP contribution in [0.2, 0.25) is 5.02 Å². The van der Waals surface area contributed by atoms with Crippen LogP contribution in [-0.4, -0.2) is 43.7 Å². The Hall–Kier alpha value is -1.22. The maximum Gasteiger partial charge on any atom is 0.251 e. The molecule has 26 heavy (non-hydrogen) atoms. The Bertz CT molecular complexity index is 784. The normalized spacial score (nSPS) is 16.3. The number of carbonyl (C=O) groups is 1. The summed E-state index contributed by atoms with van der Waals surface area (Å²) in [7, 11) is 0. The third-order valence-electron chi connectivity index (χ3n) is 4.36. The van der Waals surface area contributed by atoms with Gasteiger partial charge in [0, 0.05) is 33.8 Å². The molecule has 1 saturated heterocycles. The van der Waals surface area contributed by atoms with Gasteiger partial charge in [-0.2, -0.15) is 0 Å². The number of hydrogen-bond donors (Lipinski definition) is 1. The lowest BCUT2D eigenvalue weighted by Gasteiger charge is -2.35. The lowest BCUT2D eigenvalue weighted by molar-refractivity contribution is 0.0162. The zero-order chi connectivity index (χ0) is 18.5. The van der Waals surface area contributed by atoms with Gasteiger partial charge in [0.15, 0.2) is 0 Å². The van der Waals surface area contributed by atoms with Gasteiger partial charge < -0.3 is 10.1 Å². The summed E-state index contributed by atoms with van der Waals surface area (Å²) in [5.41, 5.74) is 1.35. The van der Waals surface area contributed by atoms with Crippen molar-refractivity contribution in [3.05, 3.63) is 68.0 Å². The summed E-state index contributed by atoms with van der Waals surface area (Å²) in [6.07, 6.45) is 0. The maximum atomic E-state index is 13.7. The van der Waals surface area contributed by atoms with Crippen LogP contribution < -0.4 is 5.32 Å². The molecule has 0 radical (unpaired) electrons. The standard InChI is InChI=1S/C19H19ClFIN2O2/c20-15-3-1-2-13(10-15)18(24-6-8-26-9-7-24)12-23-19(25)14-4-5-17(22)16(21)11-14/h1-5,10-11,18H,6-9,12H2,(H,23,25). The van der Waals surface area contributed by atoms with Gasteiger partial charge in [-0.05, 0) is 58.5 Å². The summed E-state index contributed by atoms with van der Waals surface area (Å²) in [5, 5.41) is 3.59. The molecule has 0 saturated carbocycles. The molecular formula is C19H19ClFIN2O2. The fraction of sp³-hybridized carbons (Fsp3) is 0.316. The minimum absolute atomic E-state index is 0.0183. The number of ether oxygens (including phenoxy) is 1. The smallest absolute Gasteiger partial charge is 0.251 e. The van der Waals surface area contributed by atoms with Gasteiger partial charge in [0.25, 0.3) is 5.91 Å². The van der Waals surface area contributed by atoms with Gasteiger partial charge in [0.1, 0.15) is 5.82 Å². The van der Waals surface area contributed by atoms with E-state index in [4.69, 9.17) is 16.3 Å². The number of nitrogens with one attached hydrogen (secondary N) is 1. The van der Waals surface area contributed by atoms with E-state index in [1.54, 1.807) is 12.1 Å². The number of nitrogens with zero attached hydrogens (tertiary/aromatic N) is 1. The van der Waals surface area contributed by atoms with Crippen LogP contribution in [0.1, 0.15) is 22.0 Å². The van der Waals surface area contributed by atoms with Gasteiger partial charge in [-0.15, -0.1) is 0 Å². The molecule has 3 rings (SSSR count). The zero-order valence-electron chi connectivity index (χ0n) is 14.1. The molecule has 0 aliphatic carbocycles. The highest BCUT2D eigenvalue weighted by molar-refractivity contribution is 14.1. The second kappa shape index (κ2) is 9.12. The Balaban J connectivity index is 1.74. The first-order chi connectivity index (χ1) is 12.5. The van der Waals surface area contributed by atoms with Crippen LogP contribution in [0.5, 0.6) is 0 Å². The number of halogens is 3. The van der Waals surface area contributed by atoms with Gasteiger partial charge in [-0.3, -0.25) is 9.69 Å². The Morgan fingerprint density at radius 2 is 2.04 bits per heavy atom. The average Bonchev–Trinajstić information content (AvgIpc) is 2.65. The number of hydrogen-bond acceptors (Lipinski definition) is 3. The molecule has 1 amide bonds. The Kier molecular flexibility index (Phi) is 6.86. The van der Waals surface area contributed by atoms with Crippen molar-refractivity contribution < 1.29 is 13.9 Å². The van der Waals surface area contributed by atoms with Crippen LogP contribution in [-0.2, 0) is 4.74 Å². The average molecular weight is 489 g/mol. The molecule has 1 unspecified atom stereocenters. The van der Waals surface area contributed by atoms with E-state index in [1.165, 1.54) is 6.07 Å². The molecule has 0 bridgehead atoms. The molecule has 0 spiro atoms. The molecule has 1 atom stereocenters. The largest absolute Gasteiger partial charge is 0.379 e. The van der Waals surface area contributed by atoms with Crippen LogP contribution in [0.15, 0.2) is 42.5 Å². The highest BCUT2D eigenvalue weighted by Crippen LogP contribution is 2.24. The first kappa shape index (κ1) is 19.5. The predicted molar refractivity (Wildman–Crippen MR) is 108 cm³/mol. The lowest BCUT2D eigenvalue weighted by Crippen LogP contribution is -2.43. The first-order valence-corrected chi connectivity index (χ1v) is 9.81. The van der Waals surface area contributed by atoms with E-state index in [1.807, 2.05) is 46.9 Å². The van der Waals surface area contributed by atoms with E-state index < -0.39 is 5.82 Å². The first-order valence-electron chi connectivity index (χ1n) is 8.35. The maximum absolute atomic E-state index is 13.7. The van der Waals surface area contributed by atoms with Crippen LogP contribution in [0.25, 0.3) is 0 Å². The van der Waals surface area contributed by atoms with E-state index in [0.29, 0.717) is 33.9 Å². The Morgan fingerprint density at radius 3 is 2.73 bits per heavy atom. The third kappa shape index (κ3) is 4.94. The van der Waals surface area contributed by atoms with Gasteiger partial charge in [-0.1, -0.05) is 23.7 Å². The molecule has 4 nitrogen and oxygen atoms in total. The van der Waals surface area contributed by atoms with Crippen molar-refractivity contribution in [3.63, 3.8) is 0 Å². The fourth-order valence-electron chi connectivity index (χ4n) is 2.99. The van der Waals surface area contributed by atoms with Crippen molar-refractivity contribution in [2.45, 2.75) is 6.04 Å². The van der Waals surface area contributed by atoms with Crippen LogP contribution >= 0.6 is 34.2 Å². The Labute approximate surface area is 170 Å². The van der Waals surface area contributed by atoms with E-state index in [2.05, 4.69) is 10.2 Å². The minimum Gasteiger partial charge on any atom is -0.379 e. The topological polar surface area (TPSA) is 41.6 Å². The SMILES string of the molecule is O=C(NCC(c1cccc(Cl)c1)N1CCOCC1)c1ccc(I)c(F)c1. The summed E-state index contributed by atoms with van der Waals surface area (Å²) < 4.78 is 19.6. The Morgan fingerprint density at radius 1 is 1.27 bits per heavy atom. The molecule has 0 aromatic heterocycles. The lowest BCUT2D eigenvalue weighted by atomic mass is 10.0. The molecule has 138 valence electrons. The highest BCUT2D eigenvalue weighted by atomic mass is 127. The summed E-state index contributed by atoms with van der Waals surface area (Å²) in [6.45, 7) is 3.30. The van der Waals surface area contributed by atoms with E-state index in [9.17, 15) is 9.18 Å². The third-order valence-corrected chi connectivity index (χ3v) is 5.47. The van der Waals surface area contributed by atoms with E-state index in [0.717, 1.165) is 18.7 Å². The van der Waals surface area contributed by atoms with Gasteiger partial charge >= 0.3 is 0 Å². The second-order valence-corrected chi connectivity index (χ2v) is 7.66. The zero-order valence-corrected chi connectivity index (χ0v) is 17.0. The van der Waals surface area contributed by atoms with Gasteiger partial charge in [0.05, 0.1) is 19.3 Å². The summed E-state index contributed by atoms with van der Waals surface area (Å²) in [5.74, 6) is -0.682. The van der Waals surface area contributed by atoms with Crippen molar-refractivity contribution in [2.24, 2.45) is 0 Å². The molecule has 2 aromatic rings. The molecule has 2 aromatic carbocycles. The monoisotopic (exact) mass is 488 g/mol. The number of carbonyl (C=O) groups excluding carboxylic acids is 1. The second-order valence-electron chi connectivity index (χ2n) is 6.06. The molecule has 7 heteroatoms. The molecule has 1 aliphatic heterocycles. The minimum atomic E-state index is -0.391.